The molecule has 0 bridgehead atoms. The van der Waals surface area contributed by atoms with Crippen molar-refractivity contribution in [2.75, 3.05) is 4.90 Å². The van der Waals surface area contributed by atoms with E-state index < -0.39 is 0 Å². The minimum atomic E-state index is 0.908. The molecule has 0 aliphatic rings. The molecule has 1 heterocycles. The van der Waals surface area contributed by atoms with Gasteiger partial charge in [-0.25, -0.2) is 0 Å². The van der Waals surface area contributed by atoms with Gasteiger partial charge in [-0.2, -0.15) is 0 Å². The number of anilines is 3. The lowest BCUT2D eigenvalue weighted by Crippen LogP contribution is -2.10. The minimum Gasteiger partial charge on any atom is -0.455 e. The maximum atomic E-state index is 6.40. The van der Waals surface area contributed by atoms with Gasteiger partial charge in [0.25, 0.3) is 0 Å². The van der Waals surface area contributed by atoms with Crippen molar-refractivity contribution < 1.29 is 4.42 Å². The second-order valence-electron chi connectivity index (χ2n) is 13.7. The van der Waals surface area contributed by atoms with Crippen LogP contribution in [0.5, 0.6) is 0 Å². The van der Waals surface area contributed by atoms with Crippen molar-refractivity contribution in [3.8, 4) is 44.5 Å². The summed E-state index contributed by atoms with van der Waals surface area (Å²) in [6, 6.07) is 75.9. The molecular formula is C52H35NO. The van der Waals surface area contributed by atoms with Crippen LogP contribution in [0.2, 0.25) is 0 Å². The molecule has 2 heteroatoms. The van der Waals surface area contributed by atoms with E-state index in [9.17, 15) is 0 Å². The fraction of sp³-hybridized carbons (Fsp3) is 0. The first-order valence-electron chi connectivity index (χ1n) is 18.4. The number of fused-ring (bicyclic) bond motifs is 4. The Labute approximate surface area is 314 Å². The number of nitrogens with zero attached hydrogens (tertiary/aromatic N) is 1. The molecule has 0 radical (unpaired) electrons. The smallest absolute Gasteiger partial charge is 0.143 e. The Morgan fingerprint density at radius 2 is 0.796 bits per heavy atom. The third-order valence-electron chi connectivity index (χ3n) is 10.5. The molecule has 2 nitrogen and oxygen atoms in total. The second kappa shape index (κ2) is 13.4. The lowest BCUT2D eigenvalue weighted by molar-refractivity contribution is 0.670. The van der Waals surface area contributed by atoms with Crippen LogP contribution in [0, 0.1) is 0 Å². The monoisotopic (exact) mass is 689 g/mol. The van der Waals surface area contributed by atoms with Crippen molar-refractivity contribution in [1.29, 1.82) is 0 Å². The molecule has 0 unspecified atom stereocenters. The molecule has 10 rings (SSSR count). The van der Waals surface area contributed by atoms with Crippen molar-refractivity contribution in [3.05, 3.63) is 212 Å². The molecule has 1 aromatic heterocycles. The molecule has 0 atom stereocenters. The molecule has 0 spiro atoms. The van der Waals surface area contributed by atoms with Gasteiger partial charge < -0.3 is 9.32 Å². The Kier molecular flexibility index (Phi) is 7.85. The first-order chi connectivity index (χ1) is 26.8. The lowest BCUT2D eigenvalue weighted by Gasteiger charge is -2.27. The highest BCUT2D eigenvalue weighted by Crippen LogP contribution is 2.42. The van der Waals surface area contributed by atoms with E-state index in [1.807, 2.05) is 12.1 Å². The number of benzene rings is 9. The average molecular weight is 690 g/mol. The third kappa shape index (κ3) is 5.71. The van der Waals surface area contributed by atoms with Crippen molar-refractivity contribution in [1.82, 2.24) is 0 Å². The number of para-hydroxylation sites is 2. The zero-order valence-electron chi connectivity index (χ0n) is 29.6. The highest BCUT2D eigenvalue weighted by atomic mass is 16.3. The van der Waals surface area contributed by atoms with Crippen LogP contribution in [0.25, 0.3) is 77.2 Å². The van der Waals surface area contributed by atoms with Gasteiger partial charge >= 0.3 is 0 Å². The molecule has 0 aliphatic heterocycles. The third-order valence-corrected chi connectivity index (χ3v) is 10.5. The SMILES string of the molecule is c1ccc(-c2cc(-c3ccccc3)cc(-c3ccc(N(c4ccc(-c5cccc6c5oc5ccccc56)cc4)c4cccc5ccccc45)cc3)c2)cc1. The van der Waals surface area contributed by atoms with Gasteiger partial charge in [-0.1, -0.05) is 158 Å². The maximum absolute atomic E-state index is 6.40. The van der Waals surface area contributed by atoms with Gasteiger partial charge in [0.05, 0.1) is 5.69 Å². The summed E-state index contributed by atoms with van der Waals surface area (Å²) in [5, 5.41) is 4.67. The van der Waals surface area contributed by atoms with E-state index in [1.54, 1.807) is 0 Å². The fourth-order valence-corrected chi connectivity index (χ4v) is 7.79. The molecular weight excluding hydrogens is 655 g/mol. The summed E-state index contributed by atoms with van der Waals surface area (Å²) in [7, 11) is 0. The van der Waals surface area contributed by atoms with Crippen LogP contribution in [0.3, 0.4) is 0 Å². The highest BCUT2D eigenvalue weighted by Gasteiger charge is 2.18. The van der Waals surface area contributed by atoms with E-state index in [0.717, 1.165) is 50.1 Å². The van der Waals surface area contributed by atoms with Gasteiger partial charge in [0.2, 0.25) is 0 Å². The summed E-state index contributed by atoms with van der Waals surface area (Å²) < 4.78 is 6.40. The summed E-state index contributed by atoms with van der Waals surface area (Å²) in [5.41, 5.74) is 14.5. The number of hydrogen-bond donors (Lipinski definition) is 0. The molecule has 254 valence electrons. The molecule has 9 aromatic carbocycles. The summed E-state index contributed by atoms with van der Waals surface area (Å²) in [6.45, 7) is 0. The molecule has 54 heavy (non-hydrogen) atoms. The normalized spacial score (nSPS) is 11.3. The summed E-state index contributed by atoms with van der Waals surface area (Å²) in [5.74, 6) is 0. The molecule has 0 aliphatic carbocycles. The quantitative estimate of drug-likeness (QED) is 0.166. The maximum Gasteiger partial charge on any atom is 0.143 e. The van der Waals surface area contributed by atoms with Crippen molar-refractivity contribution >= 4 is 49.8 Å². The molecule has 0 saturated carbocycles. The van der Waals surface area contributed by atoms with E-state index >= 15 is 0 Å². The van der Waals surface area contributed by atoms with Gasteiger partial charge in [-0.3, -0.25) is 0 Å². The summed E-state index contributed by atoms with van der Waals surface area (Å²) in [4.78, 5) is 2.37. The van der Waals surface area contributed by atoms with Crippen molar-refractivity contribution in [3.63, 3.8) is 0 Å². The first kappa shape index (κ1) is 31.6. The van der Waals surface area contributed by atoms with Crippen LogP contribution in [-0.4, -0.2) is 0 Å². The first-order valence-corrected chi connectivity index (χ1v) is 18.4. The predicted molar refractivity (Wildman–Crippen MR) is 228 cm³/mol. The Morgan fingerprint density at radius 3 is 1.44 bits per heavy atom. The molecule has 0 amide bonds. The number of hydrogen-bond acceptors (Lipinski definition) is 2. The molecule has 0 N–H and O–H groups in total. The van der Waals surface area contributed by atoms with Gasteiger partial charge in [0, 0.05) is 33.1 Å². The van der Waals surface area contributed by atoms with Crippen molar-refractivity contribution in [2.24, 2.45) is 0 Å². The van der Waals surface area contributed by atoms with Gasteiger partial charge in [0.1, 0.15) is 11.2 Å². The van der Waals surface area contributed by atoms with E-state index in [4.69, 9.17) is 4.42 Å². The zero-order valence-corrected chi connectivity index (χ0v) is 29.6. The standard InChI is InChI=1S/C52H35NO/c1-3-13-36(14-4-1)41-33-42(37-15-5-2-6-16-37)35-43(34-41)38-25-29-44(30-26-38)53(50-23-11-18-39-17-7-8-19-46(39)50)45-31-27-40(28-32-45)47-21-12-22-49-48-20-9-10-24-51(48)54-52(47)49/h1-35H. The fourth-order valence-electron chi connectivity index (χ4n) is 7.79. The topological polar surface area (TPSA) is 16.4 Å². The Morgan fingerprint density at radius 1 is 0.315 bits per heavy atom. The number of rotatable bonds is 7. The van der Waals surface area contributed by atoms with E-state index in [2.05, 4.69) is 205 Å². The predicted octanol–water partition coefficient (Wildman–Crippen LogP) is 14.9. The minimum absolute atomic E-state index is 0.908. The summed E-state index contributed by atoms with van der Waals surface area (Å²) in [6.07, 6.45) is 0. The Hall–Kier alpha value is -7.16. The molecule has 0 saturated heterocycles. The van der Waals surface area contributed by atoms with E-state index in [1.165, 1.54) is 44.2 Å². The van der Waals surface area contributed by atoms with Crippen LogP contribution in [0.1, 0.15) is 0 Å². The van der Waals surface area contributed by atoms with Gasteiger partial charge in [-0.15, -0.1) is 0 Å². The van der Waals surface area contributed by atoms with Crippen molar-refractivity contribution in [2.45, 2.75) is 0 Å². The average Bonchev–Trinajstić information content (AvgIpc) is 3.64. The van der Waals surface area contributed by atoms with Crippen LogP contribution in [0.4, 0.5) is 17.1 Å². The summed E-state index contributed by atoms with van der Waals surface area (Å²) >= 11 is 0. The Balaban J connectivity index is 1.07. The number of furan rings is 1. The zero-order chi connectivity index (χ0) is 35.8. The van der Waals surface area contributed by atoms with Crippen LogP contribution < -0.4 is 4.90 Å². The molecule has 0 fully saturated rings. The highest BCUT2D eigenvalue weighted by molar-refractivity contribution is 6.09. The van der Waals surface area contributed by atoms with E-state index in [-0.39, 0.29) is 0 Å². The van der Waals surface area contributed by atoms with Gasteiger partial charge in [0.15, 0.2) is 0 Å². The van der Waals surface area contributed by atoms with Crippen LogP contribution >= 0.6 is 0 Å². The molecule has 10 aromatic rings. The van der Waals surface area contributed by atoms with Crippen LogP contribution in [-0.2, 0) is 0 Å². The lowest BCUT2D eigenvalue weighted by atomic mass is 9.93. The van der Waals surface area contributed by atoms with Gasteiger partial charge in [-0.05, 0) is 98.9 Å². The largest absolute Gasteiger partial charge is 0.455 e. The second-order valence-corrected chi connectivity index (χ2v) is 13.7. The van der Waals surface area contributed by atoms with E-state index in [0.29, 0.717) is 0 Å². The van der Waals surface area contributed by atoms with Crippen LogP contribution in [0.15, 0.2) is 217 Å². The Bertz CT molecular complexity index is 2840.